The van der Waals surface area contributed by atoms with E-state index in [1.54, 1.807) is 48.5 Å². The SMILES string of the molecule is C=C/C=C1\C(=C)C(=O)N(c2ccc(Oc3ccc(N4C(=O)c5ccncc5C4=O)cc3)cc2)C1=O. The number of carbonyl (C=O) groups excluding carboxylic acids is 4. The Morgan fingerprint density at radius 1 is 0.714 bits per heavy atom. The number of hydrogen-bond acceptors (Lipinski definition) is 6. The molecule has 0 atom stereocenters. The van der Waals surface area contributed by atoms with E-state index >= 15 is 0 Å². The predicted molar refractivity (Wildman–Crippen MR) is 128 cm³/mol. The quantitative estimate of drug-likeness (QED) is 0.415. The largest absolute Gasteiger partial charge is 0.457 e. The first-order valence-corrected chi connectivity index (χ1v) is 10.5. The molecule has 3 heterocycles. The zero-order valence-corrected chi connectivity index (χ0v) is 18.3. The lowest BCUT2D eigenvalue weighted by atomic mass is 10.1. The molecule has 4 amide bonds. The molecule has 1 saturated heterocycles. The Bertz CT molecular complexity index is 1430. The minimum Gasteiger partial charge on any atom is -0.457 e. The van der Waals surface area contributed by atoms with Gasteiger partial charge in [0.15, 0.2) is 0 Å². The van der Waals surface area contributed by atoms with Gasteiger partial charge in [-0.25, -0.2) is 9.80 Å². The third kappa shape index (κ3) is 3.53. The molecule has 2 aliphatic heterocycles. The Morgan fingerprint density at radius 2 is 1.26 bits per heavy atom. The molecule has 0 aliphatic carbocycles. The highest BCUT2D eigenvalue weighted by atomic mass is 16.5. The fraction of sp³-hybridized carbons (Fsp3) is 0. The van der Waals surface area contributed by atoms with Crippen LogP contribution in [0.25, 0.3) is 0 Å². The van der Waals surface area contributed by atoms with Crippen LogP contribution in [0.1, 0.15) is 20.7 Å². The first-order valence-electron chi connectivity index (χ1n) is 10.5. The monoisotopic (exact) mass is 463 g/mol. The summed E-state index contributed by atoms with van der Waals surface area (Å²) in [5.41, 5.74) is 1.70. The predicted octanol–water partition coefficient (Wildman–Crippen LogP) is 4.22. The van der Waals surface area contributed by atoms with Gasteiger partial charge in [0.2, 0.25) is 0 Å². The first kappa shape index (κ1) is 21.7. The topological polar surface area (TPSA) is 96.9 Å². The van der Waals surface area contributed by atoms with Gasteiger partial charge in [-0.1, -0.05) is 19.2 Å². The molecule has 0 saturated carbocycles. The average molecular weight is 463 g/mol. The molecule has 2 aromatic carbocycles. The average Bonchev–Trinajstić information content (AvgIpc) is 3.25. The van der Waals surface area contributed by atoms with Crippen molar-refractivity contribution in [1.82, 2.24) is 4.98 Å². The molecule has 1 aromatic heterocycles. The minimum atomic E-state index is -0.490. The van der Waals surface area contributed by atoms with Crippen molar-refractivity contribution in [1.29, 1.82) is 0 Å². The van der Waals surface area contributed by atoms with Crippen LogP contribution in [-0.2, 0) is 9.59 Å². The van der Waals surface area contributed by atoms with Crippen LogP contribution in [0.15, 0.2) is 103 Å². The maximum atomic E-state index is 12.6. The molecule has 0 radical (unpaired) electrons. The van der Waals surface area contributed by atoms with Gasteiger partial charge in [-0.15, -0.1) is 0 Å². The van der Waals surface area contributed by atoms with Crippen molar-refractivity contribution in [3.8, 4) is 11.5 Å². The number of amides is 4. The van der Waals surface area contributed by atoms with Gasteiger partial charge in [-0.3, -0.25) is 24.2 Å². The number of fused-ring (bicyclic) bond motifs is 1. The maximum absolute atomic E-state index is 12.6. The number of rotatable bonds is 5. The summed E-state index contributed by atoms with van der Waals surface area (Å²) in [7, 11) is 0. The summed E-state index contributed by atoms with van der Waals surface area (Å²) in [5.74, 6) is -0.853. The van der Waals surface area contributed by atoms with E-state index < -0.39 is 23.6 Å². The normalized spacial score (nSPS) is 16.3. The lowest BCUT2D eigenvalue weighted by Crippen LogP contribution is -2.29. The molecule has 5 rings (SSSR count). The van der Waals surface area contributed by atoms with Gasteiger partial charge in [-0.05, 0) is 60.7 Å². The lowest BCUT2D eigenvalue weighted by molar-refractivity contribution is -0.119. The summed E-state index contributed by atoms with van der Waals surface area (Å²) >= 11 is 0. The molecular weight excluding hydrogens is 446 g/mol. The van der Waals surface area contributed by atoms with E-state index in [2.05, 4.69) is 18.1 Å². The van der Waals surface area contributed by atoms with E-state index in [1.807, 2.05) is 0 Å². The Kier molecular flexibility index (Phi) is 5.18. The molecule has 0 bridgehead atoms. The number of benzene rings is 2. The number of anilines is 2. The number of imide groups is 2. The van der Waals surface area contributed by atoms with Crippen molar-refractivity contribution in [2.24, 2.45) is 0 Å². The highest BCUT2D eigenvalue weighted by Crippen LogP contribution is 2.33. The number of pyridine rings is 1. The summed E-state index contributed by atoms with van der Waals surface area (Å²) in [6.45, 7) is 7.25. The molecular formula is C27H17N3O5. The summed E-state index contributed by atoms with van der Waals surface area (Å²) in [5, 5.41) is 0. The summed E-state index contributed by atoms with van der Waals surface area (Å²) in [6.07, 6.45) is 5.75. The summed E-state index contributed by atoms with van der Waals surface area (Å²) in [6, 6.07) is 14.4. The van der Waals surface area contributed by atoms with E-state index in [1.165, 1.54) is 30.6 Å². The molecule has 0 spiro atoms. The van der Waals surface area contributed by atoms with E-state index in [-0.39, 0.29) is 16.7 Å². The number of nitrogens with zero attached hydrogens (tertiary/aromatic N) is 3. The van der Waals surface area contributed by atoms with Gasteiger partial charge in [0, 0.05) is 18.0 Å². The molecule has 35 heavy (non-hydrogen) atoms. The van der Waals surface area contributed by atoms with Gasteiger partial charge in [-0.2, -0.15) is 0 Å². The Labute approximate surface area is 200 Å². The molecule has 3 aromatic rings. The molecule has 1 fully saturated rings. The molecule has 170 valence electrons. The molecule has 8 heteroatoms. The smallest absolute Gasteiger partial charge is 0.267 e. The van der Waals surface area contributed by atoms with Gasteiger partial charge < -0.3 is 4.74 Å². The number of ether oxygens (including phenoxy) is 1. The molecule has 2 aliphatic rings. The highest BCUT2D eigenvalue weighted by molar-refractivity contribution is 6.37. The van der Waals surface area contributed by atoms with Crippen LogP contribution in [0.2, 0.25) is 0 Å². The number of hydrogen-bond donors (Lipinski definition) is 0. The van der Waals surface area contributed by atoms with Crippen molar-refractivity contribution >= 4 is 35.0 Å². The Hall–Kier alpha value is -5.11. The van der Waals surface area contributed by atoms with Crippen molar-refractivity contribution in [2.45, 2.75) is 0 Å². The van der Waals surface area contributed by atoms with Crippen LogP contribution < -0.4 is 14.5 Å². The molecule has 0 N–H and O–H groups in total. The van der Waals surface area contributed by atoms with Crippen molar-refractivity contribution < 1.29 is 23.9 Å². The third-order valence-electron chi connectivity index (χ3n) is 5.62. The van der Waals surface area contributed by atoms with Crippen LogP contribution in [0.5, 0.6) is 11.5 Å². The van der Waals surface area contributed by atoms with Crippen LogP contribution in [0, 0.1) is 0 Å². The number of allylic oxidation sites excluding steroid dienone is 2. The van der Waals surface area contributed by atoms with Gasteiger partial charge in [0.05, 0.1) is 28.1 Å². The fourth-order valence-corrected chi connectivity index (χ4v) is 3.90. The van der Waals surface area contributed by atoms with Gasteiger partial charge >= 0.3 is 0 Å². The zero-order valence-electron chi connectivity index (χ0n) is 18.3. The van der Waals surface area contributed by atoms with Crippen LogP contribution in [0.4, 0.5) is 11.4 Å². The van der Waals surface area contributed by atoms with E-state index in [0.29, 0.717) is 28.4 Å². The van der Waals surface area contributed by atoms with Gasteiger partial charge in [0.25, 0.3) is 23.6 Å². The fourth-order valence-electron chi connectivity index (χ4n) is 3.90. The van der Waals surface area contributed by atoms with Crippen molar-refractivity contribution in [2.75, 3.05) is 9.80 Å². The molecule has 0 unspecified atom stereocenters. The van der Waals surface area contributed by atoms with Gasteiger partial charge in [0.1, 0.15) is 11.5 Å². The zero-order chi connectivity index (χ0) is 24.7. The van der Waals surface area contributed by atoms with Crippen LogP contribution >= 0.6 is 0 Å². The second-order valence-corrected chi connectivity index (χ2v) is 7.70. The maximum Gasteiger partial charge on any atom is 0.267 e. The van der Waals surface area contributed by atoms with Crippen LogP contribution in [0.3, 0.4) is 0 Å². The lowest BCUT2D eigenvalue weighted by Gasteiger charge is -2.15. The van der Waals surface area contributed by atoms with E-state index in [4.69, 9.17) is 4.74 Å². The highest BCUT2D eigenvalue weighted by Gasteiger charge is 2.38. The summed E-state index contributed by atoms with van der Waals surface area (Å²) < 4.78 is 5.83. The second kappa shape index (κ2) is 8.35. The standard InChI is InChI=1S/C27H17N3O5/c1-3-4-21-16(2)24(31)29(25(21)32)17-5-9-19(10-6-17)35-20-11-7-18(8-12-20)30-26(33)22-13-14-28-15-23(22)27(30)34/h3-15H,1-2H2/b21-4+. The number of carbonyl (C=O) groups is 4. The summed E-state index contributed by atoms with van der Waals surface area (Å²) in [4.78, 5) is 56.4. The van der Waals surface area contributed by atoms with Crippen LogP contribution in [-0.4, -0.2) is 28.6 Å². The van der Waals surface area contributed by atoms with Crippen molar-refractivity contribution in [3.63, 3.8) is 0 Å². The van der Waals surface area contributed by atoms with E-state index in [0.717, 1.165) is 9.80 Å². The first-order chi connectivity index (χ1) is 16.9. The second-order valence-electron chi connectivity index (χ2n) is 7.70. The van der Waals surface area contributed by atoms with Crippen molar-refractivity contribution in [3.05, 3.63) is 115 Å². The Balaban J connectivity index is 1.31. The minimum absolute atomic E-state index is 0.115. The number of aromatic nitrogens is 1. The molecule has 8 nitrogen and oxygen atoms in total. The van der Waals surface area contributed by atoms with E-state index in [9.17, 15) is 19.2 Å². The Morgan fingerprint density at radius 3 is 1.80 bits per heavy atom. The third-order valence-corrected chi connectivity index (χ3v) is 5.62.